The van der Waals surface area contributed by atoms with Crippen molar-refractivity contribution < 1.29 is 19.1 Å². The van der Waals surface area contributed by atoms with Crippen LogP contribution in [0, 0.1) is 0 Å². The summed E-state index contributed by atoms with van der Waals surface area (Å²) in [4.78, 5) is 40.7. The van der Waals surface area contributed by atoms with Gasteiger partial charge in [-0.2, -0.15) is 5.10 Å². The molecule has 30 heavy (non-hydrogen) atoms. The van der Waals surface area contributed by atoms with Gasteiger partial charge in [-0.1, -0.05) is 12.1 Å². The molecule has 4 rings (SSSR count). The Kier molecular flexibility index (Phi) is 4.88. The van der Waals surface area contributed by atoms with Gasteiger partial charge in [0.1, 0.15) is 5.60 Å². The normalized spacial score (nSPS) is 15.6. The second-order valence-electron chi connectivity index (χ2n) is 8.66. The molecule has 2 aliphatic heterocycles. The Morgan fingerprint density at radius 2 is 1.77 bits per heavy atom. The topological polar surface area (TPSA) is 84.7 Å². The minimum atomic E-state index is -0.576. The van der Waals surface area contributed by atoms with Crippen LogP contribution in [0.2, 0.25) is 0 Å². The third kappa shape index (κ3) is 3.46. The van der Waals surface area contributed by atoms with E-state index in [1.807, 2.05) is 27.8 Å². The molecule has 0 saturated carbocycles. The van der Waals surface area contributed by atoms with E-state index < -0.39 is 5.60 Å². The highest BCUT2D eigenvalue weighted by Gasteiger charge is 2.36. The number of aryl methyl sites for hydroxylation is 1. The van der Waals surface area contributed by atoms with Crippen LogP contribution in [0.3, 0.4) is 0 Å². The van der Waals surface area contributed by atoms with Crippen molar-refractivity contribution >= 4 is 23.6 Å². The minimum absolute atomic E-state index is 0.249. The van der Waals surface area contributed by atoms with E-state index in [1.54, 1.807) is 33.8 Å². The number of nitrogens with zero attached hydrogens (tertiary/aromatic N) is 4. The molecule has 2 aromatic rings. The van der Waals surface area contributed by atoms with Crippen molar-refractivity contribution in [3.05, 3.63) is 46.8 Å². The van der Waals surface area contributed by atoms with Gasteiger partial charge in [-0.05, 0) is 45.7 Å². The SMILES string of the molecule is Cn1nc2c(c1CCCN1C(=O)c3ccccc3C1=O)N(C(=O)OC(C)(C)C)CC2. The van der Waals surface area contributed by atoms with Crippen molar-refractivity contribution in [3.63, 3.8) is 0 Å². The zero-order chi connectivity index (χ0) is 21.6. The Bertz CT molecular complexity index is 999. The van der Waals surface area contributed by atoms with Crippen LogP contribution in [0.4, 0.5) is 10.5 Å². The largest absolute Gasteiger partial charge is 0.443 e. The predicted molar refractivity (Wildman–Crippen MR) is 111 cm³/mol. The Hall–Kier alpha value is -3.16. The summed E-state index contributed by atoms with van der Waals surface area (Å²) in [7, 11) is 1.85. The second-order valence-corrected chi connectivity index (χ2v) is 8.66. The molecule has 0 unspecified atom stereocenters. The summed E-state index contributed by atoms with van der Waals surface area (Å²) in [6.07, 6.45) is 1.47. The molecule has 3 heterocycles. The van der Waals surface area contributed by atoms with Crippen LogP contribution in [0.1, 0.15) is 59.3 Å². The van der Waals surface area contributed by atoms with Crippen molar-refractivity contribution in [1.29, 1.82) is 0 Å². The fourth-order valence-electron chi connectivity index (χ4n) is 4.04. The van der Waals surface area contributed by atoms with Gasteiger partial charge in [0.2, 0.25) is 0 Å². The number of rotatable bonds is 4. The summed E-state index contributed by atoms with van der Waals surface area (Å²) < 4.78 is 7.33. The molecule has 0 radical (unpaired) electrons. The molecular formula is C22H26N4O4. The molecule has 0 atom stereocenters. The number of hydrogen-bond acceptors (Lipinski definition) is 5. The van der Waals surface area contributed by atoms with E-state index >= 15 is 0 Å². The number of imide groups is 1. The van der Waals surface area contributed by atoms with Gasteiger partial charge in [0.25, 0.3) is 11.8 Å². The summed E-state index contributed by atoms with van der Waals surface area (Å²) in [6.45, 7) is 6.38. The van der Waals surface area contributed by atoms with Gasteiger partial charge in [-0.15, -0.1) is 0 Å². The first-order chi connectivity index (χ1) is 14.2. The highest BCUT2D eigenvalue weighted by atomic mass is 16.6. The standard InChI is InChI=1S/C22H26N4O4/c1-22(2,3)30-21(29)25-13-11-16-18(25)17(24(4)23-16)10-7-12-26-19(27)14-8-5-6-9-15(14)20(26)28/h5-6,8-9H,7,10-13H2,1-4H3. The molecule has 0 bridgehead atoms. The van der Waals surface area contributed by atoms with Crippen molar-refractivity contribution in [1.82, 2.24) is 14.7 Å². The molecule has 8 nitrogen and oxygen atoms in total. The highest BCUT2D eigenvalue weighted by Crippen LogP contribution is 2.33. The second kappa shape index (κ2) is 7.27. The van der Waals surface area contributed by atoms with Crippen LogP contribution in [0.25, 0.3) is 0 Å². The molecule has 2 aliphatic rings. The van der Waals surface area contributed by atoms with Crippen LogP contribution in [0.15, 0.2) is 24.3 Å². The minimum Gasteiger partial charge on any atom is -0.443 e. The number of fused-ring (bicyclic) bond motifs is 2. The number of carbonyl (C=O) groups excluding carboxylic acids is 3. The van der Waals surface area contributed by atoms with E-state index in [2.05, 4.69) is 5.10 Å². The number of amides is 3. The maximum atomic E-state index is 12.6. The van der Waals surface area contributed by atoms with Gasteiger partial charge in [-0.3, -0.25) is 24.1 Å². The quantitative estimate of drug-likeness (QED) is 0.724. The summed E-state index contributed by atoms with van der Waals surface area (Å²) in [5, 5.41) is 4.55. The van der Waals surface area contributed by atoms with Crippen molar-refractivity contribution in [2.45, 2.75) is 45.6 Å². The Morgan fingerprint density at radius 1 is 1.13 bits per heavy atom. The fraction of sp³-hybridized carbons (Fsp3) is 0.455. The van der Waals surface area contributed by atoms with E-state index in [0.717, 1.165) is 17.1 Å². The average Bonchev–Trinajstić information content (AvgIpc) is 3.28. The zero-order valence-electron chi connectivity index (χ0n) is 17.8. The molecule has 0 spiro atoms. The zero-order valence-corrected chi connectivity index (χ0v) is 17.8. The molecule has 1 aromatic carbocycles. The predicted octanol–water partition coefficient (Wildman–Crippen LogP) is 2.95. The lowest BCUT2D eigenvalue weighted by atomic mass is 10.1. The molecule has 158 valence electrons. The summed E-state index contributed by atoms with van der Waals surface area (Å²) in [5.74, 6) is -0.498. The third-order valence-electron chi connectivity index (χ3n) is 5.34. The first kappa shape index (κ1) is 20.1. The Morgan fingerprint density at radius 3 is 2.37 bits per heavy atom. The van der Waals surface area contributed by atoms with Gasteiger partial charge in [0, 0.05) is 26.6 Å². The van der Waals surface area contributed by atoms with Crippen LogP contribution >= 0.6 is 0 Å². The summed E-state index contributed by atoms with van der Waals surface area (Å²) >= 11 is 0. The fourth-order valence-corrected chi connectivity index (χ4v) is 4.04. The average molecular weight is 410 g/mol. The third-order valence-corrected chi connectivity index (χ3v) is 5.34. The lowest BCUT2D eigenvalue weighted by molar-refractivity contribution is 0.0582. The summed E-state index contributed by atoms with van der Waals surface area (Å²) in [5.41, 5.74) is 2.92. The van der Waals surface area contributed by atoms with E-state index in [9.17, 15) is 14.4 Å². The first-order valence-electron chi connectivity index (χ1n) is 10.2. The monoisotopic (exact) mass is 410 g/mol. The van der Waals surface area contributed by atoms with E-state index in [-0.39, 0.29) is 17.9 Å². The van der Waals surface area contributed by atoms with Crippen molar-refractivity contribution in [2.24, 2.45) is 7.05 Å². The van der Waals surface area contributed by atoms with Gasteiger partial charge < -0.3 is 4.74 Å². The molecule has 0 saturated heterocycles. The van der Waals surface area contributed by atoms with E-state index in [1.165, 1.54) is 4.90 Å². The molecule has 8 heteroatoms. The van der Waals surface area contributed by atoms with Crippen LogP contribution in [0.5, 0.6) is 0 Å². The van der Waals surface area contributed by atoms with Crippen molar-refractivity contribution in [2.75, 3.05) is 18.0 Å². The Labute approximate surface area is 175 Å². The number of benzene rings is 1. The maximum Gasteiger partial charge on any atom is 0.414 e. The van der Waals surface area contributed by atoms with Gasteiger partial charge in [0.15, 0.2) is 0 Å². The number of aromatic nitrogens is 2. The molecule has 0 fully saturated rings. The van der Waals surface area contributed by atoms with Gasteiger partial charge in [0.05, 0.1) is 28.2 Å². The van der Waals surface area contributed by atoms with Crippen molar-refractivity contribution in [3.8, 4) is 0 Å². The maximum absolute atomic E-state index is 12.6. The van der Waals surface area contributed by atoms with Crippen LogP contribution < -0.4 is 4.90 Å². The smallest absolute Gasteiger partial charge is 0.414 e. The number of ether oxygens (including phenoxy) is 1. The number of hydrogen-bond donors (Lipinski definition) is 0. The summed E-state index contributed by atoms with van der Waals surface area (Å²) in [6, 6.07) is 6.89. The number of carbonyl (C=O) groups is 3. The van der Waals surface area contributed by atoms with Gasteiger partial charge >= 0.3 is 6.09 Å². The number of anilines is 1. The Balaban J connectivity index is 1.47. The molecule has 1 aromatic heterocycles. The lowest BCUT2D eigenvalue weighted by Crippen LogP contribution is -2.36. The molecule has 3 amide bonds. The molecular weight excluding hydrogens is 384 g/mol. The highest BCUT2D eigenvalue weighted by molar-refractivity contribution is 6.21. The van der Waals surface area contributed by atoms with Crippen LogP contribution in [-0.2, 0) is 24.6 Å². The van der Waals surface area contributed by atoms with Crippen LogP contribution in [-0.4, -0.2) is 51.3 Å². The van der Waals surface area contributed by atoms with E-state index in [4.69, 9.17) is 4.74 Å². The lowest BCUT2D eigenvalue weighted by Gasteiger charge is -2.25. The first-order valence-corrected chi connectivity index (χ1v) is 10.2. The molecule has 0 N–H and O–H groups in total. The molecule has 0 aliphatic carbocycles. The van der Waals surface area contributed by atoms with E-state index in [0.29, 0.717) is 43.5 Å². The van der Waals surface area contributed by atoms with Gasteiger partial charge in [-0.25, -0.2) is 4.79 Å².